The topological polar surface area (TPSA) is 159 Å². The van der Waals surface area contributed by atoms with Crippen LogP contribution in [0.5, 0.6) is 0 Å². The summed E-state index contributed by atoms with van der Waals surface area (Å²) in [6.07, 6.45) is 8.70. The third kappa shape index (κ3) is 9.33. The van der Waals surface area contributed by atoms with E-state index in [9.17, 15) is 25.6 Å². The summed E-state index contributed by atoms with van der Waals surface area (Å²) in [5, 5.41) is 1.26. The fraction of sp³-hybridized carbons (Fsp3) is 0.438. The molecule has 0 bridgehead atoms. The maximum Gasteiger partial charge on any atom is 0.222 e. The molecule has 14 nitrogen and oxygen atoms in total. The summed E-state index contributed by atoms with van der Waals surface area (Å²) >= 11 is 0. The molecule has 2 aromatic carbocycles. The van der Waals surface area contributed by atoms with Crippen LogP contribution in [0.2, 0.25) is 0 Å². The Bertz CT molecular complexity index is 2040. The average Bonchev–Trinajstić information content (AvgIpc) is 3.08. The van der Waals surface area contributed by atoms with Gasteiger partial charge in [-0.05, 0) is 61.8 Å². The first-order valence-corrected chi connectivity index (χ1v) is 19.6. The second-order valence-electron chi connectivity index (χ2n) is 12.4. The highest BCUT2D eigenvalue weighted by Gasteiger charge is 2.25. The minimum absolute atomic E-state index is 0.0594. The van der Waals surface area contributed by atoms with Crippen LogP contribution in [0.15, 0.2) is 36.9 Å². The lowest BCUT2D eigenvalue weighted by atomic mass is 9.98. The Labute approximate surface area is 289 Å². The largest absolute Gasteiger partial charge is 0.356 e. The molecule has 2 N–H and O–H groups in total. The zero-order chi connectivity index (χ0) is 36.1. The molecule has 18 heteroatoms. The lowest BCUT2D eigenvalue weighted by molar-refractivity contribution is 0.410. The second-order valence-corrected chi connectivity index (χ2v) is 16.1. The minimum atomic E-state index is -3.22. The van der Waals surface area contributed by atoms with Crippen molar-refractivity contribution in [1.82, 2.24) is 29.4 Å². The van der Waals surface area contributed by atoms with Gasteiger partial charge in [0.15, 0.2) is 0 Å². The Balaban J connectivity index is 0.000000194. The van der Waals surface area contributed by atoms with Gasteiger partial charge >= 0.3 is 0 Å². The van der Waals surface area contributed by atoms with Gasteiger partial charge in [0.25, 0.3) is 0 Å². The Morgan fingerprint density at radius 1 is 0.720 bits per heavy atom. The minimum Gasteiger partial charge on any atom is -0.356 e. The highest BCUT2D eigenvalue weighted by Crippen LogP contribution is 2.33. The van der Waals surface area contributed by atoms with Crippen LogP contribution in [-0.2, 0) is 20.0 Å². The van der Waals surface area contributed by atoms with Crippen molar-refractivity contribution < 1.29 is 25.6 Å². The number of fused-ring (bicyclic) bond motifs is 2. The molecule has 4 aromatic rings. The quantitative estimate of drug-likeness (QED) is 0.253. The van der Waals surface area contributed by atoms with E-state index < -0.39 is 31.7 Å². The molecule has 0 aliphatic carbocycles. The summed E-state index contributed by atoms with van der Waals surface area (Å²) < 4.78 is 77.9. The van der Waals surface area contributed by atoms with Crippen molar-refractivity contribution in [3.05, 3.63) is 71.4 Å². The molecule has 2 atom stereocenters. The van der Waals surface area contributed by atoms with E-state index in [1.54, 1.807) is 0 Å². The Hall–Kier alpha value is -4.62. The lowest BCUT2D eigenvalue weighted by Crippen LogP contribution is -2.41. The number of nitrogens with one attached hydrogen (secondary N) is 2. The van der Waals surface area contributed by atoms with Gasteiger partial charge in [0.2, 0.25) is 31.4 Å². The number of anilines is 2. The van der Waals surface area contributed by atoms with Gasteiger partial charge < -0.3 is 9.80 Å². The SMILES string of the molecule is [C-]#[N+]c1cc2c(N3CCC[C@@H](CNS(C)(=O)=O)C3)ncnc2cc1F.[C-]#[N+]c1cc2c(N3CCC[C@H](CNS(C)(=O)=O)C3)ncnc2cc1F. The highest BCUT2D eigenvalue weighted by atomic mass is 32.2. The van der Waals surface area contributed by atoms with E-state index in [0.717, 1.165) is 51.3 Å². The van der Waals surface area contributed by atoms with Crippen LogP contribution in [0.25, 0.3) is 31.5 Å². The number of hydrogen-bond donors (Lipinski definition) is 2. The predicted octanol–water partition coefficient (Wildman–Crippen LogP) is 4.17. The zero-order valence-corrected chi connectivity index (χ0v) is 29.1. The van der Waals surface area contributed by atoms with Gasteiger partial charge in [0.05, 0.1) is 36.7 Å². The summed E-state index contributed by atoms with van der Waals surface area (Å²) in [6, 6.07) is 5.46. The normalized spacial score (nSPS) is 18.3. The van der Waals surface area contributed by atoms with Crippen LogP contribution in [0, 0.1) is 36.6 Å². The van der Waals surface area contributed by atoms with Crippen molar-refractivity contribution in [2.45, 2.75) is 25.7 Å². The number of aromatic nitrogens is 4. The van der Waals surface area contributed by atoms with Gasteiger partial charge in [-0.15, -0.1) is 0 Å². The summed E-state index contributed by atoms with van der Waals surface area (Å²) in [6.45, 7) is 17.7. The van der Waals surface area contributed by atoms with E-state index in [2.05, 4.69) is 39.1 Å². The van der Waals surface area contributed by atoms with E-state index in [4.69, 9.17) is 13.1 Å². The predicted molar refractivity (Wildman–Crippen MR) is 187 cm³/mol. The molecule has 0 spiro atoms. The first kappa shape index (κ1) is 36.7. The van der Waals surface area contributed by atoms with E-state index in [1.165, 1.54) is 36.9 Å². The van der Waals surface area contributed by atoms with Crippen molar-refractivity contribution in [1.29, 1.82) is 0 Å². The fourth-order valence-corrected chi connectivity index (χ4v) is 7.24. The molecule has 4 heterocycles. The molecule has 0 saturated carbocycles. The fourth-order valence-electron chi connectivity index (χ4n) is 6.17. The first-order valence-electron chi connectivity index (χ1n) is 15.8. The lowest BCUT2D eigenvalue weighted by Gasteiger charge is -2.34. The average molecular weight is 727 g/mol. The number of piperidine rings is 2. The second kappa shape index (κ2) is 15.5. The molecule has 2 aromatic heterocycles. The van der Waals surface area contributed by atoms with Crippen LogP contribution >= 0.6 is 0 Å². The smallest absolute Gasteiger partial charge is 0.222 e. The van der Waals surface area contributed by atoms with Crippen LogP contribution < -0.4 is 19.2 Å². The van der Waals surface area contributed by atoms with Gasteiger partial charge in [-0.3, -0.25) is 0 Å². The molecule has 2 fully saturated rings. The van der Waals surface area contributed by atoms with Crippen LogP contribution in [0.1, 0.15) is 25.7 Å². The van der Waals surface area contributed by atoms with Crippen molar-refractivity contribution in [2.75, 3.05) is 61.6 Å². The van der Waals surface area contributed by atoms with Gasteiger partial charge in [-0.2, -0.15) is 0 Å². The van der Waals surface area contributed by atoms with Gasteiger partial charge in [0, 0.05) is 50.0 Å². The number of benzene rings is 2. The van der Waals surface area contributed by atoms with Crippen LogP contribution in [-0.4, -0.2) is 88.6 Å². The molecule has 50 heavy (non-hydrogen) atoms. The molecule has 2 aliphatic rings. The molecule has 2 aliphatic heterocycles. The number of nitrogens with zero attached hydrogens (tertiary/aromatic N) is 8. The molecular formula is C32H36F2N10O4S2. The zero-order valence-electron chi connectivity index (χ0n) is 27.5. The van der Waals surface area contributed by atoms with Gasteiger partial charge in [0.1, 0.15) is 35.9 Å². The summed E-state index contributed by atoms with van der Waals surface area (Å²) in [5.74, 6) is 0.434. The molecule has 0 unspecified atom stereocenters. The number of halogens is 2. The number of hydrogen-bond acceptors (Lipinski definition) is 10. The maximum atomic E-state index is 13.8. The standard InChI is InChI=1S/2C16H18FN5O2S/c2*1-18-15-6-12-14(7-13(15)17)19-10-20-16(12)22-5-3-4-11(9-22)8-21-25(2,23)24/h2*6-7,10-11,21H,3-5,8-9H2,2H3/t2*11-/m10/s1. The molecule has 2 saturated heterocycles. The first-order chi connectivity index (χ1) is 23.7. The third-order valence-corrected chi connectivity index (χ3v) is 9.89. The molecule has 0 amide bonds. The molecular weight excluding hydrogens is 691 g/mol. The molecule has 264 valence electrons. The monoisotopic (exact) mass is 726 g/mol. The Morgan fingerprint density at radius 3 is 1.48 bits per heavy atom. The third-order valence-electron chi connectivity index (χ3n) is 8.51. The van der Waals surface area contributed by atoms with Crippen LogP contribution in [0.4, 0.5) is 31.8 Å². The van der Waals surface area contributed by atoms with E-state index in [0.29, 0.717) is 59.6 Å². The summed E-state index contributed by atoms with van der Waals surface area (Å²) in [7, 11) is -6.45. The Kier molecular flexibility index (Phi) is 11.4. The van der Waals surface area contributed by atoms with E-state index in [1.807, 2.05) is 9.80 Å². The van der Waals surface area contributed by atoms with E-state index >= 15 is 0 Å². The molecule has 0 radical (unpaired) electrons. The van der Waals surface area contributed by atoms with Gasteiger partial charge in [-0.1, -0.05) is 0 Å². The maximum absolute atomic E-state index is 13.8. The summed E-state index contributed by atoms with van der Waals surface area (Å²) in [4.78, 5) is 27.3. The van der Waals surface area contributed by atoms with Crippen molar-refractivity contribution in [3.63, 3.8) is 0 Å². The van der Waals surface area contributed by atoms with Crippen LogP contribution in [0.3, 0.4) is 0 Å². The Morgan fingerprint density at radius 2 is 1.12 bits per heavy atom. The van der Waals surface area contributed by atoms with Crippen molar-refractivity contribution >= 4 is 64.9 Å². The highest BCUT2D eigenvalue weighted by molar-refractivity contribution is 7.89. The molecule has 6 rings (SSSR count). The van der Waals surface area contributed by atoms with Crippen molar-refractivity contribution in [2.24, 2.45) is 11.8 Å². The number of rotatable bonds is 8. The van der Waals surface area contributed by atoms with Crippen molar-refractivity contribution in [3.8, 4) is 0 Å². The van der Waals surface area contributed by atoms with E-state index in [-0.39, 0.29) is 23.2 Å². The van der Waals surface area contributed by atoms with Gasteiger partial charge in [-0.25, -0.2) is 64.7 Å². The summed E-state index contributed by atoms with van der Waals surface area (Å²) in [5.41, 5.74) is 0.782. The number of sulfonamides is 2.